The fraction of sp³-hybridized carbons (Fsp3) is 0.250. The molecule has 0 amide bonds. The lowest BCUT2D eigenvalue weighted by Gasteiger charge is -2.14. The standard InChI is InChI=1S/C12H12ClN5S/c1-8(6-17-3-2-14-7-17)18-11-10(16-12(18)19)4-9(13)5-15-11/h2-5,7-8H,6H2,1H3,(H,16,19). The van der Waals surface area contributed by atoms with Gasteiger partial charge in [-0.2, -0.15) is 0 Å². The summed E-state index contributed by atoms with van der Waals surface area (Å²) in [5, 5.41) is 0.596. The van der Waals surface area contributed by atoms with Crippen molar-refractivity contribution in [3.05, 3.63) is 40.8 Å². The molecule has 3 aromatic heterocycles. The van der Waals surface area contributed by atoms with E-state index in [0.29, 0.717) is 9.79 Å². The Morgan fingerprint density at radius 3 is 3.11 bits per heavy atom. The van der Waals surface area contributed by atoms with E-state index in [2.05, 4.69) is 21.9 Å². The molecule has 0 fully saturated rings. The number of pyridine rings is 1. The Hall–Kier alpha value is -1.66. The second-order valence-corrected chi connectivity index (χ2v) is 5.26. The predicted molar refractivity (Wildman–Crippen MR) is 76.9 cm³/mol. The van der Waals surface area contributed by atoms with Crippen LogP contribution in [-0.2, 0) is 6.54 Å². The number of H-pyrrole nitrogens is 1. The highest BCUT2D eigenvalue weighted by Gasteiger charge is 2.13. The Morgan fingerprint density at radius 2 is 2.37 bits per heavy atom. The maximum Gasteiger partial charge on any atom is 0.179 e. The van der Waals surface area contributed by atoms with Crippen molar-refractivity contribution >= 4 is 35.0 Å². The Kier molecular flexibility index (Phi) is 3.12. The molecule has 1 N–H and O–H groups in total. The van der Waals surface area contributed by atoms with Gasteiger partial charge in [0.15, 0.2) is 10.4 Å². The summed E-state index contributed by atoms with van der Waals surface area (Å²) in [6.07, 6.45) is 7.12. The van der Waals surface area contributed by atoms with E-state index in [4.69, 9.17) is 23.8 Å². The maximum absolute atomic E-state index is 5.94. The second-order valence-electron chi connectivity index (χ2n) is 4.43. The minimum absolute atomic E-state index is 0.170. The maximum atomic E-state index is 5.94. The van der Waals surface area contributed by atoms with Crippen molar-refractivity contribution in [2.24, 2.45) is 0 Å². The first-order valence-corrected chi connectivity index (χ1v) is 6.65. The van der Waals surface area contributed by atoms with Crippen LogP contribution in [0.5, 0.6) is 0 Å². The lowest BCUT2D eigenvalue weighted by atomic mass is 10.3. The zero-order valence-electron chi connectivity index (χ0n) is 10.2. The van der Waals surface area contributed by atoms with Gasteiger partial charge >= 0.3 is 0 Å². The van der Waals surface area contributed by atoms with Crippen molar-refractivity contribution in [1.29, 1.82) is 0 Å². The average molecular weight is 294 g/mol. The van der Waals surface area contributed by atoms with Crippen LogP contribution >= 0.6 is 23.8 Å². The van der Waals surface area contributed by atoms with E-state index in [1.807, 2.05) is 21.4 Å². The number of nitrogens with zero attached hydrogens (tertiary/aromatic N) is 4. The molecule has 3 heterocycles. The molecule has 3 rings (SSSR count). The fourth-order valence-electron chi connectivity index (χ4n) is 2.18. The van der Waals surface area contributed by atoms with Crippen molar-refractivity contribution in [2.75, 3.05) is 0 Å². The number of halogens is 1. The molecule has 0 aromatic carbocycles. The summed E-state index contributed by atoms with van der Waals surface area (Å²) in [5.74, 6) is 0. The van der Waals surface area contributed by atoms with Gasteiger partial charge in [0.05, 0.1) is 22.9 Å². The zero-order chi connectivity index (χ0) is 13.4. The summed E-state index contributed by atoms with van der Waals surface area (Å²) < 4.78 is 4.67. The molecule has 3 aromatic rings. The summed E-state index contributed by atoms with van der Waals surface area (Å²) in [4.78, 5) is 11.5. The monoisotopic (exact) mass is 293 g/mol. The van der Waals surface area contributed by atoms with Crippen molar-refractivity contribution in [1.82, 2.24) is 24.1 Å². The van der Waals surface area contributed by atoms with Gasteiger partial charge in [0.1, 0.15) is 0 Å². The smallest absolute Gasteiger partial charge is 0.179 e. The predicted octanol–water partition coefficient (Wildman–Crippen LogP) is 3.20. The number of fused-ring (bicyclic) bond motifs is 1. The van der Waals surface area contributed by atoms with E-state index < -0.39 is 0 Å². The molecule has 0 aliphatic heterocycles. The van der Waals surface area contributed by atoms with Gasteiger partial charge in [0.2, 0.25) is 0 Å². The molecule has 0 aliphatic carbocycles. The molecule has 1 unspecified atom stereocenters. The topological polar surface area (TPSA) is 51.4 Å². The molecular weight excluding hydrogens is 282 g/mol. The molecule has 0 spiro atoms. The highest BCUT2D eigenvalue weighted by atomic mass is 35.5. The molecule has 0 aliphatic rings. The van der Waals surface area contributed by atoms with Crippen LogP contribution in [0, 0.1) is 4.77 Å². The van der Waals surface area contributed by atoms with Crippen LogP contribution in [0.2, 0.25) is 5.02 Å². The van der Waals surface area contributed by atoms with Crippen LogP contribution < -0.4 is 0 Å². The van der Waals surface area contributed by atoms with Gasteiger partial charge in [-0.15, -0.1) is 0 Å². The van der Waals surface area contributed by atoms with Gasteiger partial charge in [-0.3, -0.25) is 4.57 Å². The van der Waals surface area contributed by atoms with Gasteiger partial charge in [-0.05, 0) is 25.2 Å². The number of hydrogen-bond donors (Lipinski definition) is 1. The lowest BCUT2D eigenvalue weighted by molar-refractivity contribution is 0.468. The van der Waals surface area contributed by atoms with Crippen LogP contribution in [0.15, 0.2) is 31.0 Å². The number of aromatic nitrogens is 5. The quantitative estimate of drug-likeness (QED) is 0.755. The summed E-state index contributed by atoms with van der Waals surface area (Å²) in [6.45, 7) is 2.88. The van der Waals surface area contributed by atoms with Crippen LogP contribution in [0.4, 0.5) is 0 Å². The Bertz CT molecular complexity index is 758. The molecule has 0 saturated carbocycles. The summed E-state index contributed by atoms with van der Waals surface area (Å²) in [7, 11) is 0. The van der Waals surface area contributed by atoms with E-state index in [1.54, 1.807) is 18.7 Å². The summed E-state index contributed by atoms with van der Waals surface area (Å²) in [6, 6.07) is 2.00. The molecular formula is C12H12ClN5S. The largest absolute Gasteiger partial charge is 0.335 e. The minimum Gasteiger partial charge on any atom is -0.335 e. The molecule has 0 radical (unpaired) electrons. The summed E-state index contributed by atoms with van der Waals surface area (Å²) in [5.41, 5.74) is 1.68. The summed E-state index contributed by atoms with van der Waals surface area (Å²) >= 11 is 11.3. The van der Waals surface area contributed by atoms with E-state index >= 15 is 0 Å². The first-order chi connectivity index (χ1) is 9.15. The van der Waals surface area contributed by atoms with Gasteiger partial charge < -0.3 is 9.55 Å². The Labute approximate surface area is 119 Å². The number of hydrogen-bond acceptors (Lipinski definition) is 3. The number of aromatic amines is 1. The average Bonchev–Trinajstić information content (AvgIpc) is 2.95. The van der Waals surface area contributed by atoms with Gasteiger partial charge in [0, 0.05) is 25.1 Å². The first-order valence-electron chi connectivity index (χ1n) is 5.86. The van der Waals surface area contributed by atoms with E-state index in [1.165, 1.54) is 0 Å². The number of nitrogens with one attached hydrogen (secondary N) is 1. The van der Waals surface area contributed by atoms with E-state index in [-0.39, 0.29) is 6.04 Å². The second kappa shape index (κ2) is 4.79. The third-order valence-corrected chi connectivity index (χ3v) is 3.50. The Morgan fingerprint density at radius 1 is 1.53 bits per heavy atom. The third-order valence-electron chi connectivity index (χ3n) is 3.00. The highest BCUT2D eigenvalue weighted by molar-refractivity contribution is 7.71. The molecule has 0 bridgehead atoms. The van der Waals surface area contributed by atoms with Gasteiger partial charge in [-0.25, -0.2) is 9.97 Å². The van der Waals surface area contributed by atoms with Gasteiger partial charge in [0.25, 0.3) is 0 Å². The van der Waals surface area contributed by atoms with Crippen LogP contribution in [0.3, 0.4) is 0 Å². The zero-order valence-corrected chi connectivity index (χ0v) is 11.8. The molecule has 7 heteroatoms. The molecule has 19 heavy (non-hydrogen) atoms. The molecule has 5 nitrogen and oxygen atoms in total. The highest BCUT2D eigenvalue weighted by Crippen LogP contribution is 2.21. The molecule has 98 valence electrons. The third kappa shape index (κ3) is 2.29. The lowest BCUT2D eigenvalue weighted by Crippen LogP contribution is -2.12. The van der Waals surface area contributed by atoms with Crippen molar-refractivity contribution in [2.45, 2.75) is 19.5 Å². The number of rotatable bonds is 3. The van der Waals surface area contributed by atoms with Crippen LogP contribution in [-0.4, -0.2) is 24.1 Å². The number of imidazole rings is 2. The molecule has 0 saturated heterocycles. The normalized spacial score (nSPS) is 12.9. The minimum atomic E-state index is 0.170. The van der Waals surface area contributed by atoms with Crippen molar-refractivity contribution < 1.29 is 0 Å². The fourth-order valence-corrected chi connectivity index (χ4v) is 2.71. The van der Waals surface area contributed by atoms with E-state index in [9.17, 15) is 0 Å². The molecule has 1 atom stereocenters. The van der Waals surface area contributed by atoms with Crippen molar-refractivity contribution in [3.8, 4) is 0 Å². The first kappa shape index (κ1) is 12.4. The SMILES string of the molecule is CC(Cn1ccnc1)n1c(=S)[nH]c2cc(Cl)cnc21. The Balaban J connectivity index is 2.04. The van der Waals surface area contributed by atoms with Crippen LogP contribution in [0.1, 0.15) is 13.0 Å². The van der Waals surface area contributed by atoms with Crippen molar-refractivity contribution in [3.63, 3.8) is 0 Å². The van der Waals surface area contributed by atoms with E-state index in [0.717, 1.165) is 17.7 Å². The van der Waals surface area contributed by atoms with Crippen LogP contribution in [0.25, 0.3) is 11.2 Å². The van der Waals surface area contributed by atoms with Gasteiger partial charge in [-0.1, -0.05) is 11.6 Å².